The van der Waals surface area contributed by atoms with Crippen molar-refractivity contribution < 1.29 is 9.53 Å². The van der Waals surface area contributed by atoms with Gasteiger partial charge in [-0.05, 0) is 12.8 Å². The van der Waals surface area contributed by atoms with Crippen molar-refractivity contribution in [2.24, 2.45) is 0 Å². The van der Waals surface area contributed by atoms with E-state index in [1.165, 1.54) is 19.3 Å². The fraction of sp³-hybridized carbons (Fsp3) is 0.846. The summed E-state index contributed by atoms with van der Waals surface area (Å²) < 4.78 is 5.70. The van der Waals surface area contributed by atoms with Crippen LogP contribution in [0.2, 0.25) is 0 Å². The highest BCUT2D eigenvalue weighted by molar-refractivity contribution is 5.77. The van der Waals surface area contributed by atoms with Crippen LogP contribution in [-0.4, -0.2) is 57.7 Å². The van der Waals surface area contributed by atoms with Crippen molar-refractivity contribution in [3.05, 3.63) is 5.82 Å². The Hall–Kier alpha value is -1.50. The van der Waals surface area contributed by atoms with Crippen molar-refractivity contribution in [2.75, 3.05) is 20.2 Å². The molecule has 0 saturated heterocycles. The maximum Gasteiger partial charge on any atom is 0.248 e. The number of amides is 1. The summed E-state index contributed by atoms with van der Waals surface area (Å²) in [4.78, 5) is 13.7. The quantitative estimate of drug-likeness (QED) is 0.844. The maximum absolute atomic E-state index is 12.0. The first kappa shape index (κ1) is 14.9. The number of ether oxygens (including phenoxy) is 1. The predicted molar refractivity (Wildman–Crippen MR) is 73.1 cm³/mol. The molecule has 1 saturated carbocycles. The fourth-order valence-electron chi connectivity index (χ4n) is 2.50. The Morgan fingerprint density at radius 1 is 1.45 bits per heavy atom. The molecule has 112 valence electrons. The first-order valence-electron chi connectivity index (χ1n) is 7.25. The molecule has 1 aliphatic rings. The van der Waals surface area contributed by atoms with E-state index in [9.17, 15) is 4.79 Å². The largest absolute Gasteiger partial charge is 0.368 e. The summed E-state index contributed by atoms with van der Waals surface area (Å²) >= 11 is 0. The third kappa shape index (κ3) is 4.26. The van der Waals surface area contributed by atoms with Gasteiger partial charge in [-0.1, -0.05) is 31.4 Å². The number of nitrogens with one attached hydrogen (secondary N) is 1. The van der Waals surface area contributed by atoms with Crippen LogP contribution in [0.1, 0.15) is 50.8 Å². The third-order valence-electron chi connectivity index (χ3n) is 3.77. The van der Waals surface area contributed by atoms with Crippen LogP contribution in [0.4, 0.5) is 0 Å². The molecule has 0 spiro atoms. The molecule has 1 atom stereocenters. The Morgan fingerprint density at radius 2 is 2.20 bits per heavy atom. The van der Waals surface area contributed by atoms with E-state index in [-0.39, 0.29) is 24.5 Å². The van der Waals surface area contributed by atoms with E-state index < -0.39 is 0 Å². The first-order chi connectivity index (χ1) is 9.66. The molecule has 1 heterocycles. The molecule has 1 aliphatic carbocycles. The minimum atomic E-state index is 0.00548. The second-order valence-electron chi connectivity index (χ2n) is 5.52. The molecule has 1 aromatic heterocycles. The summed E-state index contributed by atoms with van der Waals surface area (Å²) in [6.45, 7) is 2.70. The Balaban J connectivity index is 1.71. The van der Waals surface area contributed by atoms with Crippen LogP contribution >= 0.6 is 0 Å². The zero-order valence-electron chi connectivity index (χ0n) is 12.2. The van der Waals surface area contributed by atoms with Crippen LogP contribution in [-0.2, 0) is 9.53 Å². The van der Waals surface area contributed by atoms with E-state index in [0.29, 0.717) is 12.4 Å². The average molecular weight is 281 g/mol. The number of carbonyl (C=O) groups is 1. The summed E-state index contributed by atoms with van der Waals surface area (Å²) in [5.74, 6) is 0.682. The molecule has 0 aliphatic heterocycles. The standard InChI is InChI=1S/C13H23N5O2/c1-10(13-14-16-17-15-13)8-18(2)12(19)9-20-11-6-4-3-5-7-11/h10-11H,3-9H2,1-2H3,(H,14,15,16,17)/t10-/m0/s1. The highest BCUT2D eigenvalue weighted by Crippen LogP contribution is 2.20. The summed E-state index contributed by atoms with van der Waals surface area (Å²) in [6.07, 6.45) is 6.13. The zero-order valence-corrected chi connectivity index (χ0v) is 12.2. The molecule has 20 heavy (non-hydrogen) atoms. The van der Waals surface area contributed by atoms with Gasteiger partial charge in [-0.25, -0.2) is 0 Å². The first-order valence-corrected chi connectivity index (χ1v) is 7.25. The molecule has 1 N–H and O–H groups in total. The zero-order chi connectivity index (χ0) is 14.4. The van der Waals surface area contributed by atoms with Gasteiger partial charge >= 0.3 is 0 Å². The number of likely N-dealkylation sites (N-methyl/N-ethyl adjacent to an activating group) is 1. The Bertz CT molecular complexity index is 403. The van der Waals surface area contributed by atoms with Crippen molar-refractivity contribution in [2.45, 2.75) is 51.0 Å². The van der Waals surface area contributed by atoms with Gasteiger partial charge in [-0.3, -0.25) is 4.79 Å². The number of hydrogen-bond donors (Lipinski definition) is 1. The Labute approximate surface area is 119 Å². The molecule has 0 radical (unpaired) electrons. The molecule has 0 unspecified atom stereocenters. The number of tetrazole rings is 1. The minimum Gasteiger partial charge on any atom is -0.368 e. The number of rotatable bonds is 6. The number of carbonyl (C=O) groups excluding carboxylic acids is 1. The summed E-state index contributed by atoms with van der Waals surface area (Å²) in [6, 6.07) is 0. The normalized spacial score (nSPS) is 17.9. The second-order valence-corrected chi connectivity index (χ2v) is 5.52. The van der Waals surface area contributed by atoms with Crippen LogP contribution in [0.5, 0.6) is 0 Å². The lowest BCUT2D eigenvalue weighted by atomic mass is 9.98. The molecule has 7 nitrogen and oxygen atoms in total. The van der Waals surface area contributed by atoms with Crippen LogP contribution in [0.3, 0.4) is 0 Å². The number of H-pyrrole nitrogens is 1. The second kappa shape index (κ2) is 7.33. The molecular formula is C13H23N5O2. The van der Waals surface area contributed by atoms with Crippen molar-refractivity contribution in [3.8, 4) is 0 Å². The fourth-order valence-corrected chi connectivity index (χ4v) is 2.50. The van der Waals surface area contributed by atoms with Gasteiger partial charge in [-0.15, -0.1) is 10.2 Å². The minimum absolute atomic E-state index is 0.00548. The molecule has 1 fully saturated rings. The summed E-state index contributed by atoms with van der Waals surface area (Å²) in [7, 11) is 1.78. The monoisotopic (exact) mass is 281 g/mol. The molecule has 0 bridgehead atoms. The van der Waals surface area contributed by atoms with Crippen LogP contribution < -0.4 is 0 Å². The molecule has 7 heteroatoms. The third-order valence-corrected chi connectivity index (χ3v) is 3.77. The highest BCUT2D eigenvalue weighted by atomic mass is 16.5. The SMILES string of the molecule is C[C@@H](CN(C)C(=O)COC1CCCCC1)c1nn[nH]n1. The number of aromatic nitrogens is 4. The summed E-state index contributed by atoms with van der Waals surface area (Å²) in [5, 5.41) is 13.8. The Morgan fingerprint density at radius 3 is 2.85 bits per heavy atom. The van der Waals surface area contributed by atoms with E-state index >= 15 is 0 Å². The molecule has 1 amide bonds. The van der Waals surface area contributed by atoms with Gasteiger partial charge in [0, 0.05) is 19.5 Å². The Kier molecular flexibility index (Phi) is 5.46. The van der Waals surface area contributed by atoms with Gasteiger partial charge in [-0.2, -0.15) is 5.21 Å². The van der Waals surface area contributed by atoms with E-state index in [1.54, 1.807) is 11.9 Å². The number of hydrogen-bond acceptors (Lipinski definition) is 5. The van der Waals surface area contributed by atoms with Crippen molar-refractivity contribution in [1.82, 2.24) is 25.5 Å². The molecule has 1 aromatic rings. The van der Waals surface area contributed by atoms with Crippen LogP contribution in [0, 0.1) is 0 Å². The number of nitrogens with zero attached hydrogens (tertiary/aromatic N) is 4. The lowest BCUT2D eigenvalue weighted by Gasteiger charge is -2.24. The highest BCUT2D eigenvalue weighted by Gasteiger charge is 2.19. The predicted octanol–water partition coefficient (Wildman–Crippen LogP) is 1.11. The summed E-state index contributed by atoms with van der Waals surface area (Å²) in [5.41, 5.74) is 0. The average Bonchev–Trinajstić information content (AvgIpc) is 3.00. The maximum atomic E-state index is 12.0. The molecular weight excluding hydrogens is 258 g/mol. The van der Waals surface area contributed by atoms with Crippen molar-refractivity contribution in [1.29, 1.82) is 0 Å². The lowest BCUT2D eigenvalue weighted by molar-refractivity contribution is -0.137. The van der Waals surface area contributed by atoms with Gasteiger partial charge in [0.25, 0.3) is 0 Å². The number of aromatic amines is 1. The van der Waals surface area contributed by atoms with Gasteiger partial charge in [0.1, 0.15) is 6.61 Å². The van der Waals surface area contributed by atoms with E-state index in [4.69, 9.17) is 4.74 Å². The van der Waals surface area contributed by atoms with Gasteiger partial charge < -0.3 is 9.64 Å². The van der Waals surface area contributed by atoms with Crippen molar-refractivity contribution >= 4 is 5.91 Å². The van der Waals surface area contributed by atoms with Gasteiger partial charge in [0.15, 0.2) is 5.82 Å². The van der Waals surface area contributed by atoms with Gasteiger partial charge in [0.05, 0.1) is 6.10 Å². The van der Waals surface area contributed by atoms with Crippen LogP contribution in [0.15, 0.2) is 0 Å². The van der Waals surface area contributed by atoms with E-state index in [0.717, 1.165) is 12.8 Å². The van der Waals surface area contributed by atoms with Crippen molar-refractivity contribution in [3.63, 3.8) is 0 Å². The van der Waals surface area contributed by atoms with Gasteiger partial charge in [0.2, 0.25) is 5.91 Å². The van der Waals surface area contributed by atoms with E-state index in [2.05, 4.69) is 20.6 Å². The van der Waals surface area contributed by atoms with E-state index in [1.807, 2.05) is 6.92 Å². The topological polar surface area (TPSA) is 84.0 Å². The lowest BCUT2D eigenvalue weighted by Crippen LogP contribution is -2.35. The van der Waals surface area contributed by atoms with Crippen LogP contribution in [0.25, 0.3) is 0 Å². The smallest absolute Gasteiger partial charge is 0.248 e. The molecule has 2 rings (SSSR count). The molecule has 0 aromatic carbocycles.